The quantitative estimate of drug-likeness (QED) is 0.0939. The van der Waals surface area contributed by atoms with E-state index in [1.807, 2.05) is 30.3 Å². The van der Waals surface area contributed by atoms with Crippen molar-refractivity contribution >= 4 is 83.7 Å². The van der Waals surface area contributed by atoms with E-state index in [1.54, 1.807) is 25.4 Å². The molecule has 0 fully saturated rings. The molecule has 1 aliphatic rings. The molecule has 1 aliphatic heterocycles. The number of aryl methyl sites for hydroxylation is 1. The van der Waals surface area contributed by atoms with Crippen LogP contribution in [0.2, 0.25) is 0 Å². The number of fused-ring (bicyclic) bond motifs is 4. The van der Waals surface area contributed by atoms with Gasteiger partial charge in [-0.3, -0.25) is 0 Å². The van der Waals surface area contributed by atoms with Crippen LogP contribution in [0.4, 0.5) is 5.69 Å². The molecule has 0 bridgehead atoms. The number of hydroxylamine groups is 1. The fourth-order valence-electron chi connectivity index (χ4n) is 4.85. The van der Waals surface area contributed by atoms with Crippen LogP contribution in [0.15, 0.2) is 59.2 Å². The van der Waals surface area contributed by atoms with E-state index in [9.17, 15) is 21.4 Å². The molecular weight excluding hydrogens is 665 g/mol. The van der Waals surface area contributed by atoms with Crippen LogP contribution in [-0.4, -0.2) is 68.1 Å². The Morgan fingerprint density at radius 3 is 2.64 bits per heavy atom. The molecule has 0 aliphatic carbocycles. The first kappa shape index (κ1) is 30.9. The Bertz CT molecular complexity index is 1860. The van der Waals surface area contributed by atoms with E-state index in [0.717, 1.165) is 40.7 Å². The molecule has 0 saturated carbocycles. The van der Waals surface area contributed by atoms with E-state index < -0.39 is 20.2 Å². The molecule has 4 aromatic rings. The molecule has 0 spiro atoms. The van der Waals surface area contributed by atoms with Gasteiger partial charge in [0.05, 0.1) is 0 Å². The molecule has 14 heteroatoms. The zero-order valence-corrected chi connectivity index (χ0v) is 27.3. The first-order chi connectivity index (χ1) is 20.1. The van der Waals surface area contributed by atoms with Crippen molar-refractivity contribution in [3.05, 3.63) is 64.2 Å². The third-order valence-electron chi connectivity index (χ3n) is 6.69. The summed E-state index contributed by atoms with van der Waals surface area (Å²) in [6, 6.07) is 18.2. The third-order valence-corrected chi connectivity index (χ3v) is 12.1. The summed E-state index contributed by atoms with van der Waals surface area (Å²) in [5.41, 5.74) is 4.42. The van der Waals surface area contributed by atoms with E-state index in [1.165, 1.54) is 0 Å². The van der Waals surface area contributed by atoms with Gasteiger partial charge in [-0.05, 0) is 0 Å². The van der Waals surface area contributed by atoms with Gasteiger partial charge in [-0.25, -0.2) is 0 Å². The number of ether oxygens (including phenoxy) is 1. The van der Waals surface area contributed by atoms with Gasteiger partial charge in [0.2, 0.25) is 0 Å². The van der Waals surface area contributed by atoms with Crippen molar-refractivity contribution in [1.29, 1.82) is 0 Å². The fraction of sp³-hybridized carbons (Fsp3) is 0.321. The van der Waals surface area contributed by atoms with Crippen LogP contribution < -0.4 is 24.1 Å². The van der Waals surface area contributed by atoms with Gasteiger partial charge in [0.1, 0.15) is 0 Å². The average molecular weight is 698 g/mol. The maximum absolute atomic E-state index is 12.4. The molecule has 42 heavy (non-hydrogen) atoms. The third kappa shape index (κ3) is 7.14. The van der Waals surface area contributed by atoms with Crippen molar-refractivity contribution in [2.45, 2.75) is 26.3 Å². The van der Waals surface area contributed by atoms with E-state index >= 15 is 0 Å². The molecule has 3 aromatic carbocycles. The van der Waals surface area contributed by atoms with Crippen LogP contribution in [0, 0.1) is 0 Å². The van der Waals surface area contributed by atoms with E-state index in [2.05, 4.69) is 45.3 Å². The molecule has 10 nitrogen and oxygen atoms in total. The molecule has 5 rings (SSSR count). The molecule has 0 saturated heterocycles. The summed E-state index contributed by atoms with van der Waals surface area (Å²) in [5.74, 6) is 0.235. The van der Waals surface area contributed by atoms with E-state index in [-0.39, 0.29) is 32.9 Å². The number of aromatic nitrogens is 1. The minimum absolute atomic E-state index is 0.0707. The first-order valence-corrected chi connectivity index (χ1v) is 19.1. The van der Waals surface area contributed by atoms with Crippen molar-refractivity contribution in [1.82, 2.24) is 5.48 Å². The van der Waals surface area contributed by atoms with Gasteiger partial charge in [0, 0.05) is 0 Å². The van der Waals surface area contributed by atoms with Crippen molar-refractivity contribution in [3.8, 4) is 5.75 Å². The second-order valence-corrected chi connectivity index (χ2v) is 16.2. The summed E-state index contributed by atoms with van der Waals surface area (Å²) in [4.78, 5) is 2.10. The summed E-state index contributed by atoms with van der Waals surface area (Å²) in [7, 11) is -6.21. The second-order valence-electron chi connectivity index (χ2n) is 9.63. The average Bonchev–Trinajstić information content (AvgIpc) is 3.48. The maximum atomic E-state index is 12.4. The van der Waals surface area contributed by atoms with Gasteiger partial charge < -0.3 is 0 Å². The van der Waals surface area contributed by atoms with Crippen LogP contribution in [0.3, 0.4) is 0 Å². The number of benzene rings is 3. The topological polar surface area (TPSA) is 126 Å². The molecule has 0 radical (unpaired) electrons. The minimum atomic E-state index is -4.09. The number of hydrogen-bond donors (Lipinski definition) is 2. The molecule has 2 N–H and O–H groups in total. The number of nitrogens with zero attached hydrogens (tertiary/aromatic N) is 2. The summed E-state index contributed by atoms with van der Waals surface area (Å²) in [6.07, 6.45) is 2.73. The number of hydrogen-bond acceptors (Lipinski definition) is 9. The molecule has 0 unspecified atom stereocenters. The number of methoxy groups -OCH3 is 1. The zero-order chi connectivity index (χ0) is 29.9. The molecule has 0 atom stereocenters. The van der Waals surface area contributed by atoms with Gasteiger partial charge in [0.15, 0.2) is 0 Å². The second kappa shape index (κ2) is 13.0. The van der Waals surface area contributed by atoms with Crippen molar-refractivity contribution in [3.63, 3.8) is 0 Å². The predicted octanol–water partition coefficient (Wildman–Crippen LogP) is 3.04. The van der Waals surface area contributed by atoms with Gasteiger partial charge in [-0.2, -0.15) is 0 Å². The van der Waals surface area contributed by atoms with Crippen molar-refractivity contribution in [2.24, 2.45) is 0 Å². The van der Waals surface area contributed by atoms with Gasteiger partial charge in [-0.1, -0.05) is 0 Å². The number of nitrogens with one attached hydrogen (secondary N) is 1. The fourth-order valence-corrected chi connectivity index (χ4v) is 9.84. The standard InChI is InChI=1S/C28H31N3O7S3Se/c1-3-29-38-41(35,36)17-7-15-31-26(39-24-12-10-20-8-4-5-9-22(20)28(24)31)19-27-30(14-6-16-40(32,33)34)23-18-21(37-2)11-13-25(23)42-27/h4-5,8-13,18-19,29H,3,6-7,14-17H2,1-2H3/p+1. The van der Waals surface area contributed by atoms with E-state index in [4.69, 9.17) is 9.02 Å². The van der Waals surface area contributed by atoms with Gasteiger partial charge in [-0.15, -0.1) is 0 Å². The zero-order valence-electron chi connectivity index (χ0n) is 23.1. The van der Waals surface area contributed by atoms with Crippen LogP contribution in [0.1, 0.15) is 24.8 Å². The van der Waals surface area contributed by atoms with Crippen LogP contribution in [-0.2, 0) is 31.1 Å². The summed E-state index contributed by atoms with van der Waals surface area (Å²) >= 11 is 1.56. The Labute approximate surface area is 255 Å². The van der Waals surface area contributed by atoms with Crippen LogP contribution in [0.25, 0.3) is 27.1 Å². The predicted molar refractivity (Wildman–Crippen MR) is 167 cm³/mol. The Hall–Kier alpha value is -2.55. The molecular formula is C28H32N3O7S3Se+. The van der Waals surface area contributed by atoms with Gasteiger partial charge in [0.25, 0.3) is 0 Å². The monoisotopic (exact) mass is 698 g/mol. The molecule has 1 aromatic heterocycles. The normalized spacial score (nSPS) is 14.7. The number of rotatable bonds is 13. The number of thiazole rings is 1. The summed E-state index contributed by atoms with van der Waals surface area (Å²) in [5, 5.41) is 3.13. The summed E-state index contributed by atoms with van der Waals surface area (Å²) < 4.78 is 72.7. The summed E-state index contributed by atoms with van der Waals surface area (Å²) in [6.45, 7) is 3.00. The SMILES string of the molecule is CCNOS(=O)(=O)CCC[n+]1c(C=C2[Se]c3ccc(OC)cc3N2CCCS(=O)(=O)O)sc2ccc3ccccc3c21. The molecule has 224 valence electrons. The number of anilines is 1. The Morgan fingerprint density at radius 2 is 1.88 bits per heavy atom. The van der Waals surface area contributed by atoms with Crippen molar-refractivity contribution < 1.29 is 35.0 Å². The molecule has 0 amide bonds. The molecule has 2 heterocycles. The first-order valence-electron chi connectivity index (χ1n) is 13.4. The van der Waals surface area contributed by atoms with Crippen molar-refractivity contribution in [2.75, 3.05) is 36.6 Å². The van der Waals surface area contributed by atoms with Gasteiger partial charge >= 0.3 is 257 Å². The van der Waals surface area contributed by atoms with Crippen LogP contribution >= 0.6 is 11.3 Å². The Morgan fingerprint density at radius 1 is 1.07 bits per heavy atom. The Kier molecular flexibility index (Phi) is 9.55. The Balaban J connectivity index is 1.56. The van der Waals surface area contributed by atoms with Crippen LogP contribution in [0.5, 0.6) is 5.75 Å². The van der Waals surface area contributed by atoms with E-state index in [0.29, 0.717) is 31.8 Å².